The highest BCUT2D eigenvalue weighted by atomic mass is 19.4. The third-order valence-electron chi connectivity index (χ3n) is 2.60. The van der Waals surface area contributed by atoms with Crippen molar-refractivity contribution in [2.75, 3.05) is 13.2 Å². The van der Waals surface area contributed by atoms with Crippen molar-refractivity contribution < 1.29 is 23.0 Å². The molecule has 104 valence electrons. The fourth-order valence-corrected chi connectivity index (χ4v) is 1.73. The second kappa shape index (κ2) is 5.35. The first-order valence-corrected chi connectivity index (χ1v) is 5.61. The smallest absolute Gasteiger partial charge is 0.416 e. The van der Waals surface area contributed by atoms with Gasteiger partial charge in [0.15, 0.2) is 0 Å². The lowest BCUT2D eigenvalue weighted by Gasteiger charge is -2.12. The minimum absolute atomic E-state index is 0.00218. The Morgan fingerprint density at radius 2 is 2.10 bits per heavy atom. The van der Waals surface area contributed by atoms with Crippen molar-refractivity contribution in [2.45, 2.75) is 6.18 Å². The van der Waals surface area contributed by atoms with Gasteiger partial charge in [0.05, 0.1) is 17.7 Å². The van der Waals surface area contributed by atoms with E-state index in [-0.39, 0.29) is 35.4 Å². The maximum atomic E-state index is 12.7. The zero-order valence-corrected chi connectivity index (χ0v) is 10.1. The number of ether oxygens (including phenoxy) is 1. The van der Waals surface area contributed by atoms with Crippen molar-refractivity contribution in [3.05, 3.63) is 35.5 Å². The predicted molar refractivity (Wildman–Crippen MR) is 64.0 cm³/mol. The summed E-state index contributed by atoms with van der Waals surface area (Å²) >= 11 is 0. The van der Waals surface area contributed by atoms with Gasteiger partial charge in [0.1, 0.15) is 24.0 Å². The topological polar surface area (TPSA) is 66.1 Å². The molecule has 0 aliphatic carbocycles. The van der Waals surface area contributed by atoms with E-state index >= 15 is 0 Å². The van der Waals surface area contributed by atoms with Crippen molar-refractivity contribution in [1.29, 1.82) is 5.26 Å². The van der Waals surface area contributed by atoms with Crippen LogP contribution < -0.4 is 4.74 Å². The molecule has 7 heteroatoms. The van der Waals surface area contributed by atoms with Crippen LogP contribution >= 0.6 is 0 Å². The lowest BCUT2D eigenvalue weighted by Crippen LogP contribution is -2.07. The van der Waals surface area contributed by atoms with Crippen molar-refractivity contribution in [3.8, 4) is 11.8 Å². The second-order valence-corrected chi connectivity index (χ2v) is 3.91. The predicted octanol–water partition coefficient (Wildman–Crippen LogP) is 2.50. The molecule has 0 aliphatic heterocycles. The third-order valence-corrected chi connectivity index (χ3v) is 2.60. The second-order valence-electron chi connectivity index (χ2n) is 3.91. The summed E-state index contributed by atoms with van der Waals surface area (Å²) in [5.41, 5.74) is -0.550. The fraction of sp³-hybridized carbons (Fsp3) is 0.231. The quantitative estimate of drug-likeness (QED) is 0.939. The zero-order valence-electron chi connectivity index (χ0n) is 10.1. The summed E-state index contributed by atoms with van der Waals surface area (Å²) in [5.74, 6) is -0.00218. The van der Waals surface area contributed by atoms with E-state index < -0.39 is 11.7 Å². The molecule has 4 nitrogen and oxygen atoms in total. The van der Waals surface area contributed by atoms with E-state index in [9.17, 15) is 13.2 Å². The number of nitrogens with zero attached hydrogens (tertiary/aromatic N) is 2. The van der Waals surface area contributed by atoms with Gasteiger partial charge in [-0.05, 0) is 18.2 Å². The van der Waals surface area contributed by atoms with Gasteiger partial charge in [-0.2, -0.15) is 18.4 Å². The summed E-state index contributed by atoms with van der Waals surface area (Å²) in [7, 11) is 0. The van der Waals surface area contributed by atoms with Gasteiger partial charge in [0.2, 0.25) is 0 Å². The van der Waals surface area contributed by atoms with Crippen molar-refractivity contribution in [1.82, 2.24) is 4.98 Å². The average Bonchev–Trinajstić information content (AvgIpc) is 2.42. The van der Waals surface area contributed by atoms with Crippen molar-refractivity contribution in [2.24, 2.45) is 0 Å². The number of fused-ring (bicyclic) bond motifs is 1. The van der Waals surface area contributed by atoms with Crippen LogP contribution in [0.4, 0.5) is 13.2 Å². The summed E-state index contributed by atoms with van der Waals surface area (Å²) in [6.45, 7) is -0.433. The summed E-state index contributed by atoms with van der Waals surface area (Å²) in [6, 6.07) is 4.82. The number of alkyl halides is 3. The van der Waals surface area contributed by atoms with E-state index in [0.29, 0.717) is 0 Å². The number of pyridine rings is 1. The van der Waals surface area contributed by atoms with Gasteiger partial charge in [-0.1, -0.05) is 0 Å². The lowest BCUT2D eigenvalue weighted by molar-refractivity contribution is -0.137. The number of hydrogen-bond acceptors (Lipinski definition) is 4. The fourth-order valence-electron chi connectivity index (χ4n) is 1.73. The number of benzene rings is 1. The largest absolute Gasteiger partial charge is 0.489 e. The highest BCUT2D eigenvalue weighted by Gasteiger charge is 2.31. The maximum Gasteiger partial charge on any atom is 0.416 e. The van der Waals surface area contributed by atoms with Crippen LogP contribution in [0.3, 0.4) is 0 Å². The molecule has 0 radical (unpaired) electrons. The van der Waals surface area contributed by atoms with E-state index in [2.05, 4.69) is 4.98 Å². The first kappa shape index (κ1) is 14.1. The summed E-state index contributed by atoms with van der Waals surface area (Å²) in [5, 5.41) is 17.8. The van der Waals surface area contributed by atoms with E-state index in [4.69, 9.17) is 15.1 Å². The Balaban J connectivity index is 2.67. The molecule has 1 aromatic carbocycles. The number of halogens is 3. The Bertz CT molecular complexity index is 678. The molecule has 20 heavy (non-hydrogen) atoms. The van der Waals surface area contributed by atoms with Gasteiger partial charge in [-0.15, -0.1) is 0 Å². The standard InChI is InChI=1S/C13H9F3N2O2/c14-13(15,16)9-1-2-11-10(5-9)12(20-4-3-19)8(6-17)7-18-11/h1-2,5,7,19H,3-4H2. The molecule has 2 rings (SSSR count). The molecule has 2 aromatic rings. The van der Waals surface area contributed by atoms with Crippen LogP contribution in [0.2, 0.25) is 0 Å². The number of aromatic nitrogens is 1. The molecule has 0 amide bonds. The number of aliphatic hydroxyl groups excluding tert-OH is 1. The molecule has 0 fully saturated rings. The summed E-state index contributed by atoms with van der Waals surface area (Å²) in [6.07, 6.45) is -3.27. The zero-order chi connectivity index (χ0) is 14.8. The molecular weight excluding hydrogens is 273 g/mol. The molecule has 0 unspecified atom stereocenters. The Hall–Kier alpha value is -2.33. The van der Waals surface area contributed by atoms with Crippen molar-refractivity contribution >= 4 is 10.9 Å². The molecule has 0 bridgehead atoms. The molecule has 0 saturated heterocycles. The maximum absolute atomic E-state index is 12.7. The minimum Gasteiger partial charge on any atom is -0.489 e. The minimum atomic E-state index is -4.49. The summed E-state index contributed by atoms with van der Waals surface area (Å²) < 4.78 is 43.3. The van der Waals surface area contributed by atoms with Crippen molar-refractivity contribution in [3.63, 3.8) is 0 Å². The van der Waals surface area contributed by atoms with Crippen LogP contribution in [0.15, 0.2) is 24.4 Å². The molecule has 0 atom stereocenters. The Morgan fingerprint density at radius 3 is 2.70 bits per heavy atom. The molecule has 0 spiro atoms. The van der Waals surface area contributed by atoms with Gasteiger partial charge in [0.25, 0.3) is 0 Å². The van der Waals surface area contributed by atoms with Crippen LogP contribution in [-0.4, -0.2) is 23.3 Å². The normalized spacial score (nSPS) is 11.3. The van der Waals surface area contributed by atoms with Crippen LogP contribution in [0.5, 0.6) is 5.75 Å². The Labute approximate surface area is 112 Å². The van der Waals surface area contributed by atoms with E-state index in [0.717, 1.165) is 12.1 Å². The number of hydrogen-bond donors (Lipinski definition) is 1. The number of rotatable bonds is 3. The first-order chi connectivity index (χ1) is 9.47. The Kier molecular flexibility index (Phi) is 3.77. The van der Waals surface area contributed by atoms with Gasteiger partial charge in [-0.3, -0.25) is 4.98 Å². The molecule has 0 aliphatic rings. The summed E-state index contributed by atoms with van der Waals surface area (Å²) in [4.78, 5) is 3.91. The van der Waals surface area contributed by atoms with Gasteiger partial charge < -0.3 is 9.84 Å². The van der Waals surface area contributed by atoms with E-state index in [1.807, 2.05) is 0 Å². The molecule has 1 heterocycles. The van der Waals surface area contributed by atoms with Crippen LogP contribution in [0.1, 0.15) is 11.1 Å². The highest BCUT2D eigenvalue weighted by Crippen LogP contribution is 2.35. The average molecular weight is 282 g/mol. The molecule has 0 saturated carbocycles. The number of nitriles is 1. The first-order valence-electron chi connectivity index (χ1n) is 5.61. The SMILES string of the molecule is N#Cc1cnc2ccc(C(F)(F)F)cc2c1OCCO. The number of aliphatic hydroxyl groups is 1. The molecule has 1 aromatic heterocycles. The van der Waals surface area contributed by atoms with Crippen LogP contribution in [0.25, 0.3) is 10.9 Å². The van der Waals surface area contributed by atoms with Crippen LogP contribution in [0, 0.1) is 11.3 Å². The third kappa shape index (κ3) is 2.65. The van der Waals surface area contributed by atoms with Gasteiger partial charge >= 0.3 is 6.18 Å². The molecule has 1 N–H and O–H groups in total. The molecular formula is C13H9F3N2O2. The van der Waals surface area contributed by atoms with E-state index in [1.165, 1.54) is 12.3 Å². The highest BCUT2D eigenvalue weighted by molar-refractivity contribution is 5.87. The Morgan fingerprint density at radius 1 is 1.35 bits per heavy atom. The lowest BCUT2D eigenvalue weighted by atomic mass is 10.1. The monoisotopic (exact) mass is 282 g/mol. The van der Waals surface area contributed by atoms with Crippen LogP contribution in [-0.2, 0) is 6.18 Å². The van der Waals surface area contributed by atoms with E-state index in [1.54, 1.807) is 6.07 Å². The van der Waals surface area contributed by atoms with Gasteiger partial charge in [-0.25, -0.2) is 0 Å². The van der Waals surface area contributed by atoms with Gasteiger partial charge in [0, 0.05) is 11.6 Å².